The SMILES string of the molecule is CC(C)n1cccn1.NCCO. The van der Waals surface area contributed by atoms with Crippen LogP contribution in [-0.2, 0) is 0 Å². The maximum atomic E-state index is 7.75. The molecule has 0 bridgehead atoms. The van der Waals surface area contributed by atoms with E-state index >= 15 is 0 Å². The van der Waals surface area contributed by atoms with Gasteiger partial charge < -0.3 is 10.8 Å². The fourth-order valence-electron chi connectivity index (χ4n) is 0.586. The fourth-order valence-corrected chi connectivity index (χ4v) is 0.586. The molecule has 0 saturated heterocycles. The lowest BCUT2D eigenvalue weighted by Crippen LogP contribution is -2.02. The topological polar surface area (TPSA) is 64.1 Å². The minimum atomic E-state index is 0.0972. The highest BCUT2D eigenvalue weighted by atomic mass is 16.3. The highest BCUT2D eigenvalue weighted by molar-refractivity contribution is 4.79. The molecule has 12 heavy (non-hydrogen) atoms. The van der Waals surface area contributed by atoms with Crippen LogP contribution in [0.15, 0.2) is 18.5 Å². The van der Waals surface area contributed by atoms with E-state index in [-0.39, 0.29) is 6.61 Å². The van der Waals surface area contributed by atoms with Gasteiger partial charge in [-0.15, -0.1) is 0 Å². The number of rotatable bonds is 2. The molecule has 3 N–H and O–H groups in total. The number of aliphatic hydroxyl groups is 1. The predicted octanol–water partition coefficient (Wildman–Crippen LogP) is 0.401. The van der Waals surface area contributed by atoms with Crippen molar-refractivity contribution in [2.45, 2.75) is 19.9 Å². The number of aromatic nitrogens is 2. The summed E-state index contributed by atoms with van der Waals surface area (Å²) in [4.78, 5) is 0. The minimum Gasteiger partial charge on any atom is -0.395 e. The molecule has 0 aliphatic carbocycles. The second-order valence-electron chi connectivity index (χ2n) is 2.59. The van der Waals surface area contributed by atoms with Crippen molar-refractivity contribution >= 4 is 0 Å². The molecule has 1 aromatic heterocycles. The number of aliphatic hydroxyl groups excluding tert-OH is 1. The minimum absolute atomic E-state index is 0.0972. The summed E-state index contributed by atoms with van der Waals surface area (Å²) in [5, 5.41) is 11.8. The molecule has 70 valence electrons. The largest absolute Gasteiger partial charge is 0.395 e. The van der Waals surface area contributed by atoms with Crippen molar-refractivity contribution < 1.29 is 5.11 Å². The van der Waals surface area contributed by atoms with Crippen LogP contribution in [0, 0.1) is 0 Å². The van der Waals surface area contributed by atoms with Crippen molar-refractivity contribution in [1.29, 1.82) is 0 Å². The van der Waals surface area contributed by atoms with Crippen LogP contribution in [0.2, 0.25) is 0 Å². The third kappa shape index (κ3) is 4.87. The van der Waals surface area contributed by atoms with Gasteiger partial charge in [0.2, 0.25) is 0 Å². The van der Waals surface area contributed by atoms with Crippen molar-refractivity contribution in [3.8, 4) is 0 Å². The van der Waals surface area contributed by atoms with Crippen molar-refractivity contribution in [1.82, 2.24) is 9.78 Å². The molecule has 0 unspecified atom stereocenters. The molecule has 0 aliphatic rings. The van der Waals surface area contributed by atoms with Crippen molar-refractivity contribution in [2.75, 3.05) is 13.2 Å². The van der Waals surface area contributed by atoms with E-state index < -0.39 is 0 Å². The van der Waals surface area contributed by atoms with Crippen molar-refractivity contribution in [3.05, 3.63) is 18.5 Å². The van der Waals surface area contributed by atoms with Crippen LogP contribution in [0.3, 0.4) is 0 Å². The Morgan fingerprint density at radius 3 is 2.33 bits per heavy atom. The van der Waals surface area contributed by atoms with Gasteiger partial charge in [-0.2, -0.15) is 5.10 Å². The number of hydrogen-bond acceptors (Lipinski definition) is 3. The Morgan fingerprint density at radius 1 is 1.58 bits per heavy atom. The fraction of sp³-hybridized carbons (Fsp3) is 0.625. The second kappa shape index (κ2) is 6.82. The summed E-state index contributed by atoms with van der Waals surface area (Å²) in [7, 11) is 0. The Morgan fingerprint density at radius 2 is 2.17 bits per heavy atom. The summed E-state index contributed by atoms with van der Waals surface area (Å²) >= 11 is 0. The van der Waals surface area contributed by atoms with Gasteiger partial charge in [-0.3, -0.25) is 4.68 Å². The summed E-state index contributed by atoms with van der Waals surface area (Å²) in [5.74, 6) is 0. The highest BCUT2D eigenvalue weighted by Gasteiger charge is 1.91. The Kier molecular flexibility index (Phi) is 6.32. The third-order valence-electron chi connectivity index (χ3n) is 1.18. The van der Waals surface area contributed by atoms with E-state index in [0.29, 0.717) is 12.6 Å². The first-order chi connectivity index (χ1) is 5.72. The number of hydrogen-bond donors (Lipinski definition) is 2. The maximum Gasteiger partial charge on any atom is 0.0553 e. The summed E-state index contributed by atoms with van der Waals surface area (Å²) in [6.45, 7) is 4.68. The van der Waals surface area contributed by atoms with Gasteiger partial charge in [0.05, 0.1) is 6.61 Å². The molecule has 1 aromatic rings. The van der Waals surface area contributed by atoms with E-state index in [9.17, 15) is 0 Å². The molecular weight excluding hydrogens is 154 g/mol. The second-order valence-corrected chi connectivity index (χ2v) is 2.59. The first-order valence-electron chi connectivity index (χ1n) is 4.02. The van der Waals surface area contributed by atoms with E-state index in [0.717, 1.165) is 0 Å². The van der Waals surface area contributed by atoms with Gasteiger partial charge in [0, 0.05) is 25.0 Å². The molecule has 1 heterocycles. The zero-order valence-electron chi connectivity index (χ0n) is 7.64. The van der Waals surface area contributed by atoms with Crippen LogP contribution < -0.4 is 5.73 Å². The molecule has 0 atom stereocenters. The molecule has 0 aliphatic heterocycles. The van der Waals surface area contributed by atoms with E-state index in [2.05, 4.69) is 18.9 Å². The van der Waals surface area contributed by atoms with Crippen LogP contribution in [0.25, 0.3) is 0 Å². The Hall–Kier alpha value is -0.870. The third-order valence-corrected chi connectivity index (χ3v) is 1.18. The van der Waals surface area contributed by atoms with Crippen LogP contribution in [0.4, 0.5) is 0 Å². The lowest BCUT2D eigenvalue weighted by Gasteiger charge is -2.01. The molecular formula is C8H17N3O. The van der Waals surface area contributed by atoms with Gasteiger partial charge in [0.1, 0.15) is 0 Å². The molecule has 0 spiro atoms. The van der Waals surface area contributed by atoms with Gasteiger partial charge >= 0.3 is 0 Å². The summed E-state index contributed by atoms with van der Waals surface area (Å²) < 4.78 is 1.92. The van der Waals surface area contributed by atoms with Crippen LogP contribution in [0.5, 0.6) is 0 Å². The maximum absolute atomic E-state index is 7.75. The average Bonchev–Trinajstić information content (AvgIpc) is 2.57. The lowest BCUT2D eigenvalue weighted by atomic mass is 10.4. The predicted molar refractivity (Wildman–Crippen MR) is 48.8 cm³/mol. The van der Waals surface area contributed by atoms with E-state index in [1.54, 1.807) is 6.20 Å². The average molecular weight is 171 g/mol. The molecule has 0 aromatic carbocycles. The van der Waals surface area contributed by atoms with E-state index in [1.807, 2.05) is 16.9 Å². The van der Waals surface area contributed by atoms with Gasteiger partial charge in [-0.05, 0) is 19.9 Å². The quantitative estimate of drug-likeness (QED) is 0.677. The smallest absolute Gasteiger partial charge is 0.0553 e. The zero-order valence-corrected chi connectivity index (χ0v) is 7.64. The summed E-state index contributed by atoms with van der Waals surface area (Å²) in [6.07, 6.45) is 3.75. The lowest BCUT2D eigenvalue weighted by molar-refractivity contribution is 0.306. The highest BCUT2D eigenvalue weighted by Crippen LogP contribution is 1.98. The Bertz CT molecular complexity index is 170. The molecule has 0 fully saturated rings. The van der Waals surface area contributed by atoms with E-state index in [1.165, 1.54) is 0 Å². The number of nitrogens with two attached hydrogens (primary N) is 1. The standard InChI is InChI=1S/C6H10N2.C2H7NO/c1-6(2)8-5-3-4-7-8;3-1-2-4/h3-6H,1-2H3;4H,1-3H2. The van der Waals surface area contributed by atoms with Crippen LogP contribution in [-0.4, -0.2) is 28.0 Å². The summed E-state index contributed by atoms with van der Waals surface area (Å²) in [5.41, 5.74) is 4.78. The van der Waals surface area contributed by atoms with E-state index in [4.69, 9.17) is 10.8 Å². The Labute approximate surface area is 73.0 Å². The molecule has 0 radical (unpaired) electrons. The summed E-state index contributed by atoms with van der Waals surface area (Å²) in [6, 6.07) is 2.42. The molecule has 4 heteroatoms. The van der Waals surface area contributed by atoms with Gasteiger partial charge in [0.15, 0.2) is 0 Å². The van der Waals surface area contributed by atoms with Crippen LogP contribution in [0.1, 0.15) is 19.9 Å². The first kappa shape index (κ1) is 11.1. The molecule has 1 rings (SSSR count). The molecule has 4 nitrogen and oxygen atoms in total. The van der Waals surface area contributed by atoms with Gasteiger partial charge in [0.25, 0.3) is 0 Å². The monoisotopic (exact) mass is 171 g/mol. The Balaban J connectivity index is 0.000000261. The normalized spacial score (nSPS) is 9.42. The van der Waals surface area contributed by atoms with Gasteiger partial charge in [-0.25, -0.2) is 0 Å². The van der Waals surface area contributed by atoms with Crippen molar-refractivity contribution in [2.24, 2.45) is 5.73 Å². The first-order valence-corrected chi connectivity index (χ1v) is 4.02. The zero-order chi connectivity index (χ0) is 9.40. The van der Waals surface area contributed by atoms with Gasteiger partial charge in [-0.1, -0.05) is 0 Å². The van der Waals surface area contributed by atoms with Crippen LogP contribution >= 0.6 is 0 Å². The number of nitrogens with zero attached hydrogens (tertiary/aromatic N) is 2. The van der Waals surface area contributed by atoms with Crippen molar-refractivity contribution in [3.63, 3.8) is 0 Å². The molecule has 0 saturated carbocycles. The molecule has 0 amide bonds.